The molecule has 2 rings (SSSR count). The van der Waals surface area contributed by atoms with Crippen molar-refractivity contribution in [2.24, 2.45) is 5.92 Å². The molecular formula is C13H17ClO2S. The lowest BCUT2D eigenvalue weighted by Crippen LogP contribution is -2.18. The maximum atomic E-state index is 12.2. The number of halogens is 1. The Balaban J connectivity index is 2.10. The molecule has 0 aromatic heterocycles. The van der Waals surface area contributed by atoms with E-state index in [1.807, 2.05) is 0 Å². The van der Waals surface area contributed by atoms with Crippen molar-refractivity contribution < 1.29 is 8.42 Å². The Morgan fingerprint density at radius 1 is 1.06 bits per heavy atom. The number of hydrogen-bond acceptors (Lipinski definition) is 2. The van der Waals surface area contributed by atoms with Crippen molar-refractivity contribution in [1.29, 1.82) is 0 Å². The van der Waals surface area contributed by atoms with Crippen LogP contribution in [0.5, 0.6) is 0 Å². The van der Waals surface area contributed by atoms with E-state index < -0.39 is 9.84 Å². The molecule has 1 aromatic carbocycles. The molecule has 0 saturated heterocycles. The highest BCUT2D eigenvalue weighted by atomic mass is 35.5. The molecule has 0 unspecified atom stereocenters. The van der Waals surface area contributed by atoms with Gasteiger partial charge in [0, 0.05) is 5.02 Å². The normalized spacial score (nSPS) is 18.2. The minimum atomic E-state index is -3.14. The van der Waals surface area contributed by atoms with Crippen molar-refractivity contribution in [1.82, 2.24) is 0 Å². The Hall–Kier alpha value is -0.540. The minimum absolute atomic E-state index is 0.286. The summed E-state index contributed by atoms with van der Waals surface area (Å²) in [6.07, 6.45) is 5.68. The van der Waals surface area contributed by atoms with E-state index in [2.05, 4.69) is 0 Å². The molecule has 94 valence electrons. The maximum absolute atomic E-state index is 12.2. The summed E-state index contributed by atoms with van der Waals surface area (Å²) in [5.41, 5.74) is 0. The summed E-state index contributed by atoms with van der Waals surface area (Å²) in [4.78, 5) is 0.396. The highest BCUT2D eigenvalue weighted by molar-refractivity contribution is 7.91. The summed E-state index contributed by atoms with van der Waals surface area (Å²) in [5, 5.41) is 0.571. The standard InChI is InChI=1S/C13H17ClO2S/c14-12-6-8-13(9-7-12)17(15,16)10-11-4-2-1-3-5-11/h6-9,11H,1-5,10H2. The number of hydrogen-bond donors (Lipinski definition) is 0. The third-order valence-electron chi connectivity index (χ3n) is 3.35. The fourth-order valence-corrected chi connectivity index (χ4v) is 4.23. The van der Waals surface area contributed by atoms with Gasteiger partial charge in [-0.25, -0.2) is 8.42 Å². The van der Waals surface area contributed by atoms with Crippen LogP contribution in [-0.2, 0) is 9.84 Å². The third kappa shape index (κ3) is 3.46. The summed E-state index contributed by atoms with van der Waals surface area (Å²) in [7, 11) is -3.14. The Labute approximate surface area is 108 Å². The van der Waals surface area contributed by atoms with Crippen molar-refractivity contribution >= 4 is 21.4 Å². The zero-order chi connectivity index (χ0) is 12.3. The molecule has 17 heavy (non-hydrogen) atoms. The average molecular weight is 273 g/mol. The van der Waals surface area contributed by atoms with Gasteiger partial charge in [-0.2, -0.15) is 0 Å². The molecule has 0 heterocycles. The van der Waals surface area contributed by atoms with Crippen molar-refractivity contribution in [2.75, 3.05) is 5.75 Å². The van der Waals surface area contributed by atoms with Gasteiger partial charge in [0.05, 0.1) is 10.6 Å². The van der Waals surface area contributed by atoms with Gasteiger partial charge >= 0.3 is 0 Å². The summed E-state index contributed by atoms with van der Waals surface area (Å²) in [5.74, 6) is 0.624. The first-order chi connectivity index (χ1) is 8.08. The van der Waals surface area contributed by atoms with Gasteiger partial charge in [0.25, 0.3) is 0 Å². The smallest absolute Gasteiger partial charge is 0.178 e. The molecule has 0 atom stereocenters. The van der Waals surface area contributed by atoms with Crippen LogP contribution in [0.1, 0.15) is 32.1 Å². The zero-order valence-electron chi connectivity index (χ0n) is 9.73. The lowest BCUT2D eigenvalue weighted by atomic mass is 9.91. The second-order valence-corrected chi connectivity index (χ2v) is 7.21. The SMILES string of the molecule is O=S(=O)(CC1CCCCC1)c1ccc(Cl)cc1. The molecule has 1 aromatic rings. The van der Waals surface area contributed by atoms with Gasteiger partial charge in [0.2, 0.25) is 0 Å². The van der Waals surface area contributed by atoms with Crippen LogP contribution >= 0.6 is 11.6 Å². The van der Waals surface area contributed by atoms with Crippen molar-refractivity contribution in [3.63, 3.8) is 0 Å². The number of benzene rings is 1. The van der Waals surface area contributed by atoms with E-state index in [1.54, 1.807) is 24.3 Å². The predicted octanol–water partition coefficient (Wildman–Crippen LogP) is 3.69. The van der Waals surface area contributed by atoms with Crippen LogP contribution in [0.4, 0.5) is 0 Å². The number of rotatable bonds is 3. The van der Waals surface area contributed by atoms with E-state index in [-0.39, 0.29) is 5.75 Å². The minimum Gasteiger partial charge on any atom is -0.224 e. The fourth-order valence-electron chi connectivity index (χ4n) is 2.40. The molecule has 0 bridgehead atoms. The average Bonchev–Trinajstić information content (AvgIpc) is 2.30. The first-order valence-corrected chi connectivity index (χ1v) is 8.09. The Morgan fingerprint density at radius 2 is 1.65 bits per heavy atom. The summed E-state index contributed by atoms with van der Waals surface area (Å²) >= 11 is 5.76. The van der Waals surface area contributed by atoms with Crippen LogP contribution in [0.2, 0.25) is 5.02 Å². The lowest BCUT2D eigenvalue weighted by Gasteiger charge is -2.21. The molecule has 0 radical (unpaired) electrons. The molecular weight excluding hydrogens is 256 g/mol. The summed E-state index contributed by atoms with van der Waals surface area (Å²) < 4.78 is 24.3. The molecule has 0 amide bonds. The Bertz CT molecular complexity index is 459. The van der Waals surface area contributed by atoms with Gasteiger partial charge in [-0.05, 0) is 43.0 Å². The van der Waals surface area contributed by atoms with Crippen molar-refractivity contribution in [3.05, 3.63) is 29.3 Å². The monoisotopic (exact) mass is 272 g/mol. The van der Waals surface area contributed by atoms with E-state index in [0.29, 0.717) is 15.8 Å². The molecule has 0 spiro atoms. The van der Waals surface area contributed by atoms with Gasteiger partial charge in [-0.3, -0.25) is 0 Å². The quantitative estimate of drug-likeness (QED) is 0.841. The molecule has 1 fully saturated rings. The fraction of sp³-hybridized carbons (Fsp3) is 0.538. The highest BCUT2D eigenvalue weighted by Crippen LogP contribution is 2.27. The second kappa shape index (κ2) is 5.40. The maximum Gasteiger partial charge on any atom is 0.178 e. The van der Waals surface area contributed by atoms with E-state index in [1.165, 1.54) is 19.3 Å². The van der Waals surface area contributed by atoms with Crippen LogP contribution in [0.3, 0.4) is 0 Å². The summed E-state index contributed by atoms with van der Waals surface area (Å²) in [6.45, 7) is 0. The summed E-state index contributed by atoms with van der Waals surface area (Å²) in [6, 6.07) is 6.46. The van der Waals surface area contributed by atoms with Gasteiger partial charge in [-0.15, -0.1) is 0 Å². The molecule has 0 N–H and O–H groups in total. The van der Waals surface area contributed by atoms with Crippen LogP contribution in [-0.4, -0.2) is 14.2 Å². The zero-order valence-corrected chi connectivity index (χ0v) is 11.3. The first-order valence-electron chi connectivity index (χ1n) is 6.06. The van der Waals surface area contributed by atoms with E-state index >= 15 is 0 Å². The van der Waals surface area contributed by atoms with Gasteiger partial charge in [0.15, 0.2) is 9.84 Å². The van der Waals surface area contributed by atoms with Crippen LogP contribution in [0, 0.1) is 5.92 Å². The van der Waals surface area contributed by atoms with Crippen molar-refractivity contribution in [3.8, 4) is 0 Å². The Morgan fingerprint density at radius 3 is 2.24 bits per heavy atom. The predicted molar refractivity (Wildman–Crippen MR) is 70.1 cm³/mol. The molecule has 1 saturated carbocycles. The van der Waals surface area contributed by atoms with Crippen LogP contribution in [0.25, 0.3) is 0 Å². The highest BCUT2D eigenvalue weighted by Gasteiger charge is 2.22. The third-order valence-corrected chi connectivity index (χ3v) is 5.51. The van der Waals surface area contributed by atoms with E-state index in [9.17, 15) is 8.42 Å². The molecule has 4 heteroatoms. The number of sulfone groups is 1. The lowest BCUT2D eigenvalue weighted by molar-refractivity contribution is 0.385. The first kappa shape index (κ1) is 12.9. The molecule has 1 aliphatic rings. The Kier molecular flexibility index (Phi) is 4.10. The molecule has 2 nitrogen and oxygen atoms in total. The molecule has 0 aliphatic heterocycles. The van der Waals surface area contributed by atoms with Gasteiger partial charge in [0.1, 0.15) is 0 Å². The van der Waals surface area contributed by atoms with Gasteiger partial charge < -0.3 is 0 Å². The second-order valence-electron chi connectivity index (χ2n) is 4.74. The van der Waals surface area contributed by atoms with E-state index in [4.69, 9.17) is 11.6 Å². The van der Waals surface area contributed by atoms with Crippen LogP contribution < -0.4 is 0 Å². The molecule has 1 aliphatic carbocycles. The van der Waals surface area contributed by atoms with Crippen molar-refractivity contribution in [2.45, 2.75) is 37.0 Å². The largest absolute Gasteiger partial charge is 0.224 e. The van der Waals surface area contributed by atoms with Gasteiger partial charge in [-0.1, -0.05) is 30.9 Å². The van der Waals surface area contributed by atoms with E-state index in [0.717, 1.165) is 12.8 Å². The van der Waals surface area contributed by atoms with Crippen LogP contribution in [0.15, 0.2) is 29.2 Å². The topological polar surface area (TPSA) is 34.1 Å².